The van der Waals surface area contributed by atoms with E-state index in [1.54, 1.807) is 47.9 Å². The summed E-state index contributed by atoms with van der Waals surface area (Å²) in [5.74, 6) is -1.34. The van der Waals surface area contributed by atoms with Gasteiger partial charge in [-0.3, -0.25) is 0 Å². The van der Waals surface area contributed by atoms with Crippen LogP contribution in [-0.4, -0.2) is 52.5 Å². The van der Waals surface area contributed by atoms with E-state index < -0.39 is 39.1 Å². The summed E-state index contributed by atoms with van der Waals surface area (Å²) in [5.41, 5.74) is -3.24. The van der Waals surface area contributed by atoms with Crippen LogP contribution >= 0.6 is 0 Å². The number of rotatable bonds is 3. The minimum Gasteiger partial charge on any atom is -0.477 e. The zero-order valence-electron chi connectivity index (χ0n) is 17.3. The van der Waals surface area contributed by atoms with Crippen LogP contribution in [0.25, 0.3) is 0 Å². The molecule has 0 spiro atoms. The Morgan fingerprint density at radius 1 is 1.26 bits per heavy atom. The summed E-state index contributed by atoms with van der Waals surface area (Å²) in [7, 11) is 0. The Kier molecular flexibility index (Phi) is 4.99. The number of imidazole rings is 1. The van der Waals surface area contributed by atoms with E-state index in [2.05, 4.69) is 4.98 Å². The Labute approximate surface area is 160 Å². The van der Waals surface area contributed by atoms with Crippen molar-refractivity contribution >= 4 is 12.1 Å². The van der Waals surface area contributed by atoms with Gasteiger partial charge in [-0.15, -0.1) is 0 Å². The minimum absolute atomic E-state index is 0.0607. The second kappa shape index (κ2) is 6.31. The van der Waals surface area contributed by atoms with E-state index in [1.165, 1.54) is 0 Å². The molecule has 0 saturated carbocycles. The van der Waals surface area contributed by atoms with Gasteiger partial charge in [0.25, 0.3) is 0 Å². The Hall–Kier alpha value is -1.93. The highest BCUT2D eigenvalue weighted by atomic mass is 16.4. The molecule has 152 valence electrons. The molecule has 3 N–H and O–H groups in total. The summed E-state index contributed by atoms with van der Waals surface area (Å²) >= 11 is 0. The highest BCUT2D eigenvalue weighted by molar-refractivity contribution is 5.83. The van der Waals surface area contributed by atoms with Crippen molar-refractivity contribution in [3.8, 4) is 0 Å². The number of hydrogen-bond acceptors (Lipinski definition) is 4. The number of aliphatic hydroxyl groups is 1. The van der Waals surface area contributed by atoms with Crippen LogP contribution in [-0.2, 0) is 17.9 Å². The zero-order valence-corrected chi connectivity index (χ0v) is 17.3. The molecule has 0 aromatic carbocycles. The van der Waals surface area contributed by atoms with Crippen molar-refractivity contribution < 1.29 is 29.4 Å². The van der Waals surface area contributed by atoms with Crippen LogP contribution in [0.5, 0.6) is 0 Å². The minimum atomic E-state index is -2.02. The van der Waals surface area contributed by atoms with Gasteiger partial charge in [0.15, 0.2) is 6.10 Å². The fraction of sp³-hybridized carbons (Fsp3) is 0.737. The van der Waals surface area contributed by atoms with Crippen molar-refractivity contribution in [2.24, 2.45) is 5.41 Å². The molecule has 1 amide bonds. The lowest BCUT2D eigenvalue weighted by Crippen LogP contribution is -2.83. The van der Waals surface area contributed by atoms with E-state index >= 15 is 0 Å². The first kappa shape index (κ1) is 21.4. The Morgan fingerprint density at radius 3 is 2.19 bits per heavy atom. The molecule has 0 aliphatic carbocycles. The van der Waals surface area contributed by atoms with Crippen LogP contribution in [0, 0.1) is 5.41 Å². The lowest BCUT2D eigenvalue weighted by Gasteiger charge is -2.60. The van der Waals surface area contributed by atoms with E-state index in [9.17, 15) is 24.9 Å². The van der Waals surface area contributed by atoms with Gasteiger partial charge in [0.1, 0.15) is 17.8 Å². The van der Waals surface area contributed by atoms with Gasteiger partial charge in [-0.1, -0.05) is 27.7 Å². The molecular weight excluding hydrogens is 350 g/mol. The molecule has 8 heteroatoms. The van der Waals surface area contributed by atoms with Gasteiger partial charge in [-0.2, -0.15) is 9.28 Å². The number of aliphatic hydroxyl groups excluding tert-OH is 1. The fourth-order valence-electron chi connectivity index (χ4n) is 4.87. The molecule has 0 fully saturated rings. The lowest BCUT2D eigenvalue weighted by molar-refractivity contribution is -0.969. The summed E-state index contributed by atoms with van der Waals surface area (Å²) in [6, 6.07) is 0. The molecule has 1 aliphatic rings. The van der Waals surface area contributed by atoms with Gasteiger partial charge in [0.05, 0.1) is 12.0 Å². The molecule has 8 nitrogen and oxygen atoms in total. The average molecular weight is 382 g/mol. The predicted octanol–water partition coefficient (Wildman–Crippen LogP) is 3.00. The number of carboxylic acids is 1. The van der Waals surface area contributed by atoms with Gasteiger partial charge in [-0.25, -0.2) is 9.78 Å². The number of nitrogens with zero attached hydrogens (tertiary/aromatic N) is 3. The van der Waals surface area contributed by atoms with Crippen LogP contribution < -0.4 is 0 Å². The second-order valence-corrected chi connectivity index (χ2v) is 9.42. The molecule has 0 radical (unpaired) electrons. The van der Waals surface area contributed by atoms with Crippen molar-refractivity contribution in [2.75, 3.05) is 0 Å². The van der Waals surface area contributed by atoms with Crippen LogP contribution in [0.1, 0.15) is 72.4 Å². The Bertz CT molecular complexity index is 758. The summed E-state index contributed by atoms with van der Waals surface area (Å²) in [6.45, 7) is 12.7. The predicted molar refractivity (Wildman–Crippen MR) is 99.0 cm³/mol. The van der Waals surface area contributed by atoms with Crippen LogP contribution in [0.3, 0.4) is 0 Å². The van der Waals surface area contributed by atoms with Crippen molar-refractivity contribution in [3.05, 3.63) is 17.7 Å². The van der Waals surface area contributed by atoms with E-state index in [0.717, 1.165) is 6.42 Å². The smallest absolute Gasteiger partial charge is 0.477 e. The number of quaternary nitrogens is 1. The standard InChI is InChI=1S/C19H31N3O5/c1-8-9-21-11-20-13-12(21)10-22(16(26)27,18(5,6)7)19(14(13)23,15(24)25)17(2,3)4/h11,14,23H,8-10H2,1-7H3,(H-,24,25,26,27)/p+1. The number of aromatic nitrogens is 2. The quantitative estimate of drug-likeness (QED) is 0.693. The number of carboxylic acid groups (broad SMARTS) is 2. The van der Waals surface area contributed by atoms with E-state index in [0.29, 0.717) is 12.2 Å². The molecule has 1 aromatic rings. The average Bonchev–Trinajstić information content (AvgIpc) is 2.87. The Balaban J connectivity index is 3.02. The molecule has 3 atom stereocenters. The SMILES string of the molecule is CCCn1cnc2c1C[N+](C(=O)O)(C(C)(C)C)C(C(=O)O)(C(C)(C)C)C2O. The number of aryl methyl sites for hydroxylation is 1. The first-order valence-corrected chi connectivity index (χ1v) is 9.27. The fourth-order valence-corrected chi connectivity index (χ4v) is 4.87. The third kappa shape index (κ3) is 2.53. The molecule has 1 aliphatic heterocycles. The molecule has 0 saturated heterocycles. The summed E-state index contributed by atoms with van der Waals surface area (Å²) < 4.78 is 1.01. The number of carbonyl (C=O) groups is 2. The van der Waals surface area contributed by atoms with Crippen molar-refractivity contribution in [1.29, 1.82) is 0 Å². The van der Waals surface area contributed by atoms with Gasteiger partial charge in [-0.05, 0) is 27.2 Å². The Morgan fingerprint density at radius 2 is 1.81 bits per heavy atom. The van der Waals surface area contributed by atoms with Gasteiger partial charge in [0, 0.05) is 12.0 Å². The molecule has 1 aromatic heterocycles. The van der Waals surface area contributed by atoms with E-state index in [-0.39, 0.29) is 12.2 Å². The van der Waals surface area contributed by atoms with Gasteiger partial charge < -0.3 is 19.9 Å². The first-order valence-electron chi connectivity index (χ1n) is 9.27. The second-order valence-electron chi connectivity index (χ2n) is 9.42. The number of fused-ring (bicyclic) bond motifs is 1. The number of hydrogen-bond donors (Lipinski definition) is 3. The molecule has 0 bridgehead atoms. The largest absolute Gasteiger partial charge is 0.515 e. The summed E-state index contributed by atoms with van der Waals surface area (Å²) in [6.07, 6.45) is -0.455. The normalized spacial score (nSPS) is 28.7. The topological polar surface area (TPSA) is 113 Å². The number of amides is 1. The van der Waals surface area contributed by atoms with Gasteiger partial charge >= 0.3 is 12.1 Å². The third-order valence-corrected chi connectivity index (χ3v) is 6.03. The van der Waals surface area contributed by atoms with E-state index in [1.807, 2.05) is 11.5 Å². The molecule has 3 unspecified atom stereocenters. The lowest BCUT2D eigenvalue weighted by atomic mass is 9.62. The van der Waals surface area contributed by atoms with Crippen molar-refractivity contribution in [1.82, 2.24) is 9.55 Å². The van der Waals surface area contributed by atoms with E-state index in [4.69, 9.17) is 0 Å². The maximum absolute atomic E-state index is 12.8. The molecular formula is C19H32N3O5+. The molecule has 2 rings (SSSR count). The van der Waals surface area contributed by atoms with Crippen LogP contribution in [0.15, 0.2) is 6.33 Å². The zero-order chi connectivity index (χ0) is 21.0. The summed E-state index contributed by atoms with van der Waals surface area (Å²) in [5, 5.41) is 32.2. The monoisotopic (exact) mass is 382 g/mol. The summed E-state index contributed by atoms with van der Waals surface area (Å²) in [4.78, 5) is 29.9. The number of aliphatic carboxylic acids is 1. The maximum atomic E-state index is 12.8. The third-order valence-electron chi connectivity index (χ3n) is 6.03. The maximum Gasteiger partial charge on any atom is 0.515 e. The first-order chi connectivity index (χ1) is 12.2. The highest BCUT2D eigenvalue weighted by Gasteiger charge is 2.78. The van der Waals surface area contributed by atoms with Gasteiger partial charge in [0.2, 0.25) is 5.54 Å². The molecule has 2 heterocycles. The molecule has 27 heavy (non-hydrogen) atoms. The highest BCUT2D eigenvalue weighted by Crippen LogP contribution is 2.57. The van der Waals surface area contributed by atoms with Crippen molar-refractivity contribution in [3.63, 3.8) is 0 Å². The van der Waals surface area contributed by atoms with Crippen molar-refractivity contribution in [2.45, 2.75) is 85.2 Å². The van der Waals surface area contributed by atoms with Crippen LogP contribution in [0.4, 0.5) is 4.79 Å². The van der Waals surface area contributed by atoms with Crippen LogP contribution in [0.2, 0.25) is 0 Å².